The van der Waals surface area contributed by atoms with Crippen LogP contribution in [-0.4, -0.2) is 36.6 Å². The lowest BCUT2D eigenvalue weighted by molar-refractivity contribution is -0.118. The van der Waals surface area contributed by atoms with Crippen molar-refractivity contribution in [3.63, 3.8) is 0 Å². The molecule has 1 aliphatic heterocycles. The molecule has 0 radical (unpaired) electrons. The van der Waals surface area contributed by atoms with Gasteiger partial charge in [-0.2, -0.15) is 0 Å². The van der Waals surface area contributed by atoms with Crippen molar-refractivity contribution in [2.45, 2.75) is 38.8 Å². The van der Waals surface area contributed by atoms with E-state index in [9.17, 15) is 4.79 Å². The Morgan fingerprint density at radius 2 is 1.86 bits per heavy atom. The van der Waals surface area contributed by atoms with E-state index >= 15 is 0 Å². The largest absolute Gasteiger partial charge is 0.490 e. The number of fused-ring (bicyclic) bond motifs is 1. The molecule has 0 spiro atoms. The number of nitrogens with one attached hydrogen (secondary N) is 1. The Balaban J connectivity index is 1.45. The summed E-state index contributed by atoms with van der Waals surface area (Å²) in [6, 6.07) is 14.1. The monoisotopic (exact) mass is 414 g/mol. The molecular weight excluding hydrogens is 388 g/mol. The van der Waals surface area contributed by atoms with Gasteiger partial charge in [-0.25, -0.2) is 0 Å². The summed E-state index contributed by atoms with van der Waals surface area (Å²) in [6.45, 7) is 4.47. The fourth-order valence-corrected chi connectivity index (χ4v) is 3.89. The number of carbonyl (C=O) groups excluding carboxylic acids is 1. The molecule has 1 amide bonds. The normalized spacial score (nSPS) is 16.9. The molecule has 1 saturated carbocycles. The highest BCUT2D eigenvalue weighted by Crippen LogP contribution is 2.38. The van der Waals surface area contributed by atoms with E-state index in [1.807, 2.05) is 18.2 Å². The fraction of sp³-hybridized carbons (Fsp3) is 0.435. The van der Waals surface area contributed by atoms with Crippen LogP contribution in [0.3, 0.4) is 0 Å². The second-order valence-corrected chi connectivity index (χ2v) is 8.25. The Labute approximate surface area is 176 Å². The molecule has 1 fully saturated rings. The summed E-state index contributed by atoms with van der Waals surface area (Å²) in [4.78, 5) is 15.1. The van der Waals surface area contributed by atoms with Crippen LogP contribution in [0.4, 0.5) is 5.69 Å². The van der Waals surface area contributed by atoms with E-state index in [4.69, 9.17) is 21.1 Å². The molecule has 4 rings (SSSR count). The highest BCUT2D eigenvalue weighted by molar-refractivity contribution is 6.34. The number of carbonyl (C=O) groups is 1. The van der Waals surface area contributed by atoms with Crippen LogP contribution in [0.25, 0.3) is 0 Å². The molecule has 2 aromatic rings. The van der Waals surface area contributed by atoms with Crippen LogP contribution < -0.4 is 14.8 Å². The minimum atomic E-state index is -0.0789. The maximum absolute atomic E-state index is 12.9. The van der Waals surface area contributed by atoms with Crippen LogP contribution >= 0.6 is 11.6 Å². The molecule has 0 bridgehead atoms. The standard InChI is InChI=1S/C23H27ClN2O3/c1-16(18-8-9-18)26(14-17-6-3-2-4-7-17)15-23(27)25-20-13-22-21(12-19(20)24)28-10-5-11-29-22/h2-4,6-7,12-13,16,18H,5,8-11,14-15H2,1H3,(H,25,27). The van der Waals surface area contributed by atoms with Crippen LogP contribution in [0.15, 0.2) is 42.5 Å². The smallest absolute Gasteiger partial charge is 0.238 e. The van der Waals surface area contributed by atoms with Crippen molar-refractivity contribution in [2.75, 3.05) is 25.1 Å². The van der Waals surface area contributed by atoms with E-state index in [2.05, 4.69) is 29.3 Å². The lowest BCUT2D eigenvalue weighted by Gasteiger charge is -2.29. The summed E-state index contributed by atoms with van der Waals surface area (Å²) in [5.41, 5.74) is 1.76. The molecule has 1 N–H and O–H groups in total. The van der Waals surface area contributed by atoms with Crippen molar-refractivity contribution in [3.8, 4) is 11.5 Å². The number of nitrogens with zero attached hydrogens (tertiary/aromatic N) is 1. The summed E-state index contributed by atoms with van der Waals surface area (Å²) in [7, 11) is 0. The third-order valence-corrected chi connectivity index (χ3v) is 5.88. The number of hydrogen-bond donors (Lipinski definition) is 1. The second-order valence-electron chi connectivity index (χ2n) is 7.85. The van der Waals surface area contributed by atoms with Gasteiger partial charge in [0.05, 0.1) is 30.5 Å². The number of ether oxygens (including phenoxy) is 2. The summed E-state index contributed by atoms with van der Waals surface area (Å²) < 4.78 is 11.4. The zero-order valence-electron chi connectivity index (χ0n) is 16.7. The number of amides is 1. The number of benzene rings is 2. The first-order chi connectivity index (χ1) is 14.1. The highest BCUT2D eigenvalue weighted by atomic mass is 35.5. The molecular formula is C23H27ClN2O3. The number of hydrogen-bond acceptors (Lipinski definition) is 4. The van der Waals surface area contributed by atoms with E-state index in [-0.39, 0.29) is 5.91 Å². The van der Waals surface area contributed by atoms with Crippen LogP contribution in [0.1, 0.15) is 31.7 Å². The predicted molar refractivity (Wildman–Crippen MR) is 115 cm³/mol. The molecule has 0 saturated heterocycles. The topological polar surface area (TPSA) is 50.8 Å². The molecule has 6 heteroatoms. The van der Waals surface area contributed by atoms with Gasteiger partial charge in [0.1, 0.15) is 0 Å². The van der Waals surface area contributed by atoms with E-state index in [1.54, 1.807) is 12.1 Å². The molecule has 29 heavy (non-hydrogen) atoms. The third-order valence-electron chi connectivity index (χ3n) is 5.57. The number of rotatable bonds is 7. The van der Waals surface area contributed by atoms with Gasteiger partial charge < -0.3 is 14.8 Å². The van der Waals surface area contributed by atoms with Crippen LogP contribution in [0, 0.1) is 5.92 Å². The quantitative estimate of drug-likeness (QED) is 0.710. The molecule has 1 aliphatic carbocycles. The van der Waals surface area contributed by atoms with E-state index < -0.39 is 0 Å². The first kappa shape index (κ1) is 20.0. The van der Waals surface area contributed by atoms with Crippen LogP contribution in [0.2, 0.25) is 5.02 Å². The first-order valence-corrected chi connectivity index (χ1v) is 10.6. The van der Waals surface area contributed by atoms with Crippen molar-refractivity contribution < 1.29 is 14.3 Å². The average molecular weight is 415 g/mol. The minimum Gasteiger partial charge on any atom is -0.490 e. The Kier molecular flexibility index (Phi) is 6.26. The SMILES string of the molecule is CC(C1CC1)N(CC(=O)Nc1cc2c(cc1Cl)OCCCO2)Cc1ccccc1. The Morgan fingerprint density at radius 3 is 2.55 bits per heavy atom. The van der Waals surface area contributed by atoms with Gasteiger partial charge in [0.25, 0.3) is 0 Å². The lowest BCUT2D eigenvalue weighted by atomic mass is 10.1. The molecule has 2 aliphatic rings. The second kappa shape index (κ2) is 9.06. The summed E-state index contributed by atoms with van der Waals surface area (Å²) in [5.74, 6) is 1.84. The van der Waals surface area contributed by atoms with Gasteiger partial charge in [0, 0.05) is 31.1 Å². The maximum Gasteiger partial charge on any atom is 0.238 e. The van der Waals surface area contributed by atoms with Crippen LogP contribution in [-0.2, 0) is 11.3 Å². The van der Waals surface area contributed by atoms with Gasteiger partial charge in [-0.1, -0.05) is 41.9 Å². The molecule has 1 unspecified atom stereocenters. The number of halogens is 1. The molecule has 1 atom stereocenters. The van der Waals surface area contributed by atoms with Crippen molar-refractivity contribution in [3.05, 3.63) is 53.1 Å². The molecule has 2 aromatic carbocycles. The molecule has 5 nitrogen and oxygen atoms in total. The molecule has 0 aromatic heterocycles. The number of anilines is 1. The Hall–Kier alpha value is -2.24. The van der Waals surface area contributed by atoms with Gasteiger partial charge in [0.2, 0.25) is 5.91 Å². The third kappa shape index (κ3) is 5.22. The zero-order chi connectivity index (χ0) is 20.2. The lowest BCUT2D eigenvalue weighted by Crippen LogP contribution is -2.40. The maximum atomic E-state index is 12.9. The molecule has 154 valence electrons. The van der Waals surface area contributed by atoms with Gasteiger partial charge >= 0.3 is 0 Å². The summed E-state index contributed by atoms with van der Waals surface area (Å²) >= 11 is 6.38. The fourth-order valence-electron chi connectivity index (χ4n) is 3.69. The molecule has 1 heterocycles. The van der Waals surface area contributed by atoms with Crippen molar-refractivity contribution in [1.82, 2.24) is 4.90 Å². The predicted octanol–water partition coefficient (Wildman–Crippen LogP) is 4.74. The van der Waals surface area contributed by atoms with Gasteiger partial charge in [0.15, 0.2) is 11.5 Å². The van der Waals surface area contributed by atoms with E-state index in [0.29, 0.717) is 53.9 Å². The van der Waals surface area contributed by atoms with Gasteiger partial charge in [-0.05, 0) is 31.2 Å². The Morgan fingerprint density at radius 1 is 1.17 bits per heavy atom. The van der Waals surface area contributed by atoms with Crippen molar-refractivity contribution >= 4 is 23.2 Å². The van der Waals surface area contributed by atoms with E-state index in [1.165, 1.54) is 18.4 Å². The highest BCUT2D eigenvalue weighted by Gasteiger charge is 2.33. The Bertz CT molecular complexity index is 855. The average Bonchev–Trinajstić information content (AvgIpc) is 3.56. The van der Waals surface area contributed by atoms with E-state index in [0.717, 1.165) is 13.0 Å². The van der Waals surface area contributed by atoms with Gasteiger partial charge in [-0.15, -0.1) is 0 Å². The first-order valence-electron chi connectivity index (χ1n) is 10.3. The van der Waals surface area contributed by atoms with Gasteiger partial charge in [-0.3, -0.25) is 9.69 Å². The zero-order valence-corrected chi connectivity index (χ0v) is 17.5. The van der Waals surface area contributed by atoms with Crippen molar-refractivity contribution in [1.29, 1.82) is 0 Å². The van der Waals surface area contributed by atoms with Crippen molar-refractivity contribution in [2.24, 2.45) is 5.92 Å². The summed E-state index contributed by atoms with van der Waals surface area (Å²) in [5, 5.41) is 3.41. The summed E-state index contributed by atoms with van der Waals surface area (Å²) in [6.07, 6.45) is 3.30. The minimum absolute atomic E-state index is 0.0789. The van der Waals surface area contributed by atoms with Crippen LogP contribution in [0.5, 0.6) is 11.5 Å².